The molecule has 0 aromatic rings. The minimum atomic E-state index is -1.89. The van der Waals surface area contributed by atoms with Crippen LogP contribution in [0.4, 0.5) is 17.6 Å². The predicted octanol–water partition coefficient (Wildman–Crippen LogP) is 1.60. The van der Waals surface area contributed by atoms with Crippen LogP contribution < -0.4 is 0 Å². The minimum absolute atomic E-state index is 0.200. The fourth-order valence-electron chi connectivity index (χ4n) is 2.09. The molecule has 9 nitrogen and oxygen atoms in total. The molecular weight excluding hydrogens is 484 g/mol. The molecule has 1 saturated heterocycles. The summed E-state index contributed by atoms with van der Waals surface area (Å²) < 4.78 is 66.3. The molecule has 0 aromatic heterocycles. The van der Waals surface area contributed by atoms with Crippen LogP contribution >= 0.6 is 0 Å². The summed E-state index contributed by atoms with van der Waals surface area (Å²) in [7, 11) is 0. The molecule has 1 aliphatic heterocycles. The lowest BCUT2D eigenvalue weighted by Crippen LogP contribution is -2.54. The van der Waals surface area contributed by atoms with Crippen LogP contribution in [0.5, 0.6) is 0 Å². The molecule has 1 aliphatic rings. The van der Waals surface area contributed by atoms with Crippen LogP contribution in [0.15, 0.2) is 25.3 Å². The first-order valence-corrected chi connectivity index (χ1v) is 10.4. The summed E-state index contributed by atoms with van der Waals surface area (Å²) >= 11 is 0. The standard InChI is InChI=1S/C11H16F2O4.C8H14O4.C3H4F2O/c1-3-10(9(14)15-4-2)7-16-11(5-12,6-13)17-8-10;1-3-8(5-9,6-10)7(11)12-4-2;4-1-3(6)2-5/h3H,1,4-8H2,2H3;3,9-10H,1,4-6H2,2H3;1-2H2. The van der Waals surface area contributed by atoms with Gasteiger partial charge < -0.3 is 29.2 Å². The van der Waals surface area contributed by atoms with E-state index in [1.807, 2.05) is 0 Å². The first kappa shape index (κ1) is 34.8. The number of carbonyl (C=O) groups is 3. The van der Waals surface area contributed by atoms with Gasteiger partial charge in [0.05, 0.1) is 39.6 Å². The van der Waals surface area contributed by atoms with Crippen molar-refractivity contribution < 1.29 is 61.1 Å². The van der Waals surface area contributed by atoms with E-state index in [1.54, 1.807) is 13.8 Å². The van der Waals surface area contributed by atoms with E-state index in [4.69, 9.17) is 24.4 Å². The first-order chi connectivity index (χ1) is 16.5. The first-order valence-electron chi connectivity index (χ1n) is 10.4. The van der Waals surface area contributed by atoms with Crippen molar-refractivity contribution in [3.05, 3.63) is 25.3 Å². The smallest absolute Gasteiger partial charge is 0.320 e. The molecule has 0 aliphatic carbocycles. The normalized spacial score (nSPS) is 15.8. The number of ketones is 1. The molecule has 0 bridgehead atoms. The second-order valence-electron chi connectivity index (χ2n) is 7.04. The Bertz CT molecular complexity index is 649. The van der Waals surface area contributed by atoms with Crippen LogP contribution in [0, 0.1) is 10.8 Å². The zero-order valence-corrected chi connectivity index (χ0v) is 19.9. The molecule has 0 unspecified atom stereocenters. The van der Waals surface area contributed by atoms with E-state index in [1.165, 1.54) is 12.2 Å². The van der Waals surface area contributed by atoms with Crippen molar-refractivity contribution in [2.75, 3.05) is 66.3 Å². The van der Waals surface area contributed by atoms with Crippen LogP contribution in [0.2, 0.25) is 0 Å². The lowest BCUT2D eigenvalue weighted by Gasteiger charge is -2.40. The summed E-state index contributed by atoms with van der Waals surface area (Å²) in [6.45, 7) is 4.61. The van der Waals surface area contributed by atoms with E-state index >= 15 is 0 Å². The molecule has 0 spiro atoms. The van der Waals surface area contributed by atoms with Gasteiger partial charge in [-0.2, -0.15) is 0 Å². The van der Waals surface area contributed by atoms with E-state index in [0.717, 1.165) is 0 Å². The summed E-state index contributed by atoms with van der Waals surface area (Å²) in [5, 5.41) is 17.7. The maximum Gasteiger partial charge on any atom is 0.320 e. The third-order valence-corrected chi connectivity index (χ3v) is 4.60. The fraction of sp³-hybridized carbons (Fsp3) is 0.682. The maximum absolute atomic E-state index is 12.6. The average Bonchev–Trinajstić information content (AvgIpc) is 2.90. The Morgan fingerprint density at radius 1 is 0.943 bits per heavy atom. The predicted molar refractivity (Wildman–Crippen MR) is 116 cm³/mol. The van der Waals surface area contributed by atoms with Crippen molar-refractivity contribution in [1.82, 2.24) is 0 Å². The van der Waals surface area contributed by atoms with E-state index in [-0.39, 0.29) is 26.4 Å². The molecule has 0 aromatic carbocycles. The van der Waals surface area contributed by atoms with Gasteiger partial charge in [-0.25, -0.2) is 17.6 Å². The monoisotopic (exact) mass is 518 g/mol. The number of ether oxygens (including phenoxy) is 4. The van der Waals surface area contributed by atoms with Gasteiger partial charge in [-0.15, -0.1) is 13.2 Å². The Labute approximate surface area is 201 Å². The number of esters is 2. The number of Topliss-reactive ketones (excluding diaryl/α,β-unsaturated/α-hetero) is 1. The highest BCUT2D eigenvalue weighted by Gasteiger charge is 2.49. The number of aliphatic hydroxyl groups excluding tert-OH is 2. The van der Waals surface area contributed by atoms with Gasteiger partial charge in [0.1, 0.15) is 24.2 Å². The highest BCUT2D eigenvalue weighted by Crippen LogP contribution is 2.33. The molecule has 204 valence electrons. The van der Waals surface area contributed by atoms with Gasteiger partial charge >= 0.3 is 11.9 Å². The highest BCUT2D eigenvalue weighted by atomic mass is 19.1. The summed E-state index contributed by atoms with van der Waals surface area (Å²) in [5.41, 5.74) is -2.54. The van der Waals surface area contributed by atoms with Gasteiger partial charge in [0.25, 0.3) is 0 Å². The second kappa shape index (κ2) is 18.0. The third-order valence-electron chi connectivity index (χ3n) is 4.60. The summed E-state index contributed by atoms with van der Waals surface area (Å²) in [6.07, 6.45) is 2.52. The molecule has 0 saturated carbocycles. The molecule has 0 atom stereocenters. The molecule has 1 fully saturated rings. The Kier molecular flexibility index (Phi) is 17.9. The van der Waals surface area contributed by atoms with E-state index in [9.17, 15) is 31.9 Å². The lowest BCUT2D eigenvalue weighted by molar-refractivity contribution is -0.304. The summed E-state index contributed by atoms with van der Waals surface area (Å²) in [5.74, 6) is -4.10. The SMILES string of the molecule is C=CC(CO)(CO)C(=O)OCC.C=CC1(C(=O)OCC)COC(CF)(CF)OC1.O=C(CF)CF. The van der Waals surface area contributed by atoms with Gasteiger partial charge in [-0.3, -0.25) is 14.4 Å². The molecule has 0 amide bonds. The van der Waals surface area contributed by atoms with Gasteiger partial charge in [-0.05, 0) is 13.8 Å². The molecule has 1 heterocycles. The largest absolute Gasteiger partial charge is 0.465 e. The van der Waals surface area contributed by atoms with Gasteiger partial charge in [0.15, 0.2) is 19.1 Å². The van der Waals surface area contributed by atoms with E-state index in [0.29, 0.717) is 0 Å². The number of halogens is 4. The zero-order chi connectivity index (χ0) is 27.5. The maximum atomic E-state index is 12.6. The van der Waals surface area contributed by atoms with Crippen LogP contribution in [0.25, 0.3) is 0 Å². The zero-order valence-electron chi connectivity index (χ0n) is 19.9. The Morgan fingerprint density at radius 2 is 1.40 bits per heavy atom. The number of hydrogen-bond donors (Lipinski definition) is 2. The van der Waals surface area contributed by atoms with Crippen LogP contribution in [0.3, 0.4) is 0 Å². The molecule has 13 heteroatoms. The summed E-state index contributed by atoms with van der Waals surface area (Å²) in [4.78, 5) is 32.3. The number of rotatable bonds is 12. The number of hydrogen-bond acceptors (Lipinski definition) is 9. The van der Waals surface area contributed by atoms with Crippen molar-refractivity contribution in [2.45, 2.75) is 19.6 Å². The van der Waals surface area contributed by atoms with Gasteiger partial charge in [0.2, 0.25) is 5.79 Å². The van der Waals surface area contributed by atoms with Crippen molar-refractivity contribution in [1.29, 1.82) is 0 Å². The third kappa shape index (κ3) is 10.4. The van der Waals surface area contributed by atoms with Gasteiger partial charge in [0, 0.05) is 0 Å². The van der Waals surface area contributed by atoms with Crippen molar-refractivity contribution >= 4 is 17.7 Å². The Hall–Kier alpha value is -2.35. The van der Waals surface area contributed by atoms with Crippen molar-refractivity contribution in [2.24, 2.45) is 10.8 Å². The molecule has 35 heavy (non-hydrogen) atoms. The fourth-order valence-corrected chi connectivity index (χ4v) is 2.09. The van der Waals surface area contributed by atoms with E-state index in [2.05, 4.69) is 17.9 Å². The van der Waals surface area contributed by atoms with Crippen LogP contribution in [-0.2, 0) is 33.3 Å². The topological polar surface area (TPSA) is 129 Å². The summed E-state index contributed by atoms with van der Waals surface area (Å²) in [6, 6.07) is 0. The van der Waals surface area contributed by atoms with Crippen LogP contribution in [0.1, 0.15) is 13.8 Å². The molecule has 0 radical (unpaired) electrons. The molecule has 1 rings (SSSR count). The molecular formula is C22H34F4O9. The lowest BCUT2D eigenvalue weighted by atomic mass is 9.89. The minimum Gasteiger partial charge on any atom is -0.465 e. The average molecular weight is 518 g/mol. The number of alkyl halides is 4. The Morgan fingerprint density at radius 3 is 1.66 bits per heavy atom. The van der Waals surface area contributed by atoms with Crippen LogP contribution in [-0.4, -0.2) is 100 Å². The van der Waals surface area contributed by atoms with Crippen molar-refractivity contribution in [3.63, 3.8) is 0 Å². The molecule has 2 N–H and O–H groups in total. The highest BCUT2D eigenvalue weighted by molar-refractivity contribution is 5.80. The second-order valence-corrected chi connectivity index (χ2v) is 7.04. The number of aliphatic hydroxyl groups is 2. The number of carbonyl (C=O) groups excluding carboxylic acids is 3. The Balaban J connectivity index is 0. The quantitative estimate of drug-likeness (QED) is 0.225. The van der Waals surface area contributed by atoms with Crippen molar-refractivity contribution in [3.8, 4) is 0 Å². The van der Waals surface area contributed by atoms with Gasteiger partial charge in [-0.1, -0.05) is 12.2 Å². The van der Waals surface area contributed by atoms with E-state index < -0.39 is 74.3 Å².